The van der Waals surface area contributed by atoms with Crippen LogP contribution in [0.15, 0.2) is 42.5 Å². The van der Waals surface area contributed by atoms with E-state index in [0.29, 0.717) is 31.4 Å². The van der Waals surface area contributed by atoms with Crippen LogP contribution in [0, 0.1) is 12.8 Å². The molecule has 2 aromatic rings. The summed E-state index contributed by atoms with van der Waals surface area (Å²) in [5.74, 6) is -3.51. The molecule has 3 N–H and O–H groups in total. The van der Waals surface area contributed by atoms with E-state index >= 15 is 0 Å². The van der Waals surface area contributed by atoms with Gasteiger partial charge in [0, 0.05) is 56.8 Å². The largest absolute Gasteiger partial charge is 0.458 e. The number of aliphatic hydroxyl groups is 1. The molecule has 2 saturated heterocycles. The summed E-state index contributed by atoms with van der Waals surface area (Å²) in [6.07, 6.45) is 0.478. The van der Waals surface area contributed by atoms with Crippen molar-refractivity contribution in [2.75, 3.05) is 33.8 Å². The fourth-order valence-electron chi connectivity index (χ4n) is 7.44. The maximum absolute atomic E-state index is 12.7. The van der Waals surface area contributed by atoms with Crippen LogP contribution in [0.25, 0.3) is 0 Å². The maximum Gasteiger partial charge on any atom is 0.303 e. The summed E-state index contributed by atoms with van der Waals surface area (Å²) in [6.45, 7) is 14.7. The highest BCUT2D eigenvalue weighted by molar-refractivity contribution is 5.80. The zero-order valence-corrected chi connectivity index (χ0v) is 33.1. The van der Waals surface area contributed by atoms with E-state index in [1.807, 2.05) is 58.0 Å². The molecule has 2 amide bonds. The van der Waals surface area contributed by atoms with Crippen molar-refractivity contribution < 1.29 is 43.2 Å². The first kappa shape index (κ1) is 41.9. The molecule has 2 heterocycles. The molecular weight excluding hydrogens is 678 g/mol. The van der Waals surface area contributed by atoms with E-state index in [4.69, 9.17) is 18.9 Å². The summed E-state index contributed by atoms with van der Waals surface area (Å²) < 4.78 is 24.8. The summed E-state index contributed by atoms with van der Waals surface area (Å²) in [4.78, 5) is 51.8. The average molecular weight is 738 g/mol. The molecule has 0 aromatic heterocycles. The second kappa shape index (κ2) is 16.7. The van der Waals surface area contributed by atoms with Crippen molar-refractivity contribution in [2.24, 2.45) is 5.92 Å². The molecule has 12 nitrogen and oxygen atoms in total. The number of hydrogen-bond acceptors (Lipinski definition) is 10. The first-order valence-corrected chi connectivity index (χ1v) is 18.5. The van der Waals surface area contributed by atoms with Crippen LogP contribution >= 0.6 is 0 Å². The van der Waals surface area contributed by atoms with Gasteiger partial charge >= 0.3 is 11.9 Å². The SMILES string of the molecule is CC(=O)O[C@@H]1[C@@H](OC(C)=O)[C@@]2(c3ccc(C)c(Cc4ccc(CCCC(=O)NC(C)(C)CC(=O)NCCN(C)C)cc4)c3)OC[C@](C(C)(C)O)(O2)[C@H]1C. The third kappa shape index (κ3) is 10.0. The van der Waals surface area contributed by atoms with E-state index in [2.05, 4.69) is 34.9 Å². The third-order valence-electron chi connectivity index (χ3n) is 10.4. The molecule has 292 valence electrons. The van der Waals surface area contributed by atoms with Gasteiger partial charge in [0.2, 0.25) is 17.6 Å². The number of aryl methyl sites for hydroxylation is 2. The number of rotatable bonds is 16. The Labute approximate surface area is 314 Å². The van der Waals surface area contributed by atoms with Gasteiger partial charge in [-0.2, -0.15) is 0 Å². The number of nitrogens with zero attached hydrogens (tertiary/aromatic N) is 1. The minimum atomic E-state index is -1.63. The lowest BCUT2D eigenvalue weighted by molar-refractivity contribution is -0.339. The highest BCUT2D eigenvalue weighted by Crippen LogP contribution is 2.57. The van der Waals surface area contributed by atoms with E-state index in [9.17, 15) is 24.3 Å². The minimum Gasteiger partial charge on any atom is -0.458 e. The summed E-state index contributed by atoms with van der Waals surface area (Å²) >= 11 is 0. The number of likely N-dealkylation sites (N-methyl/N-ethyl adjacent to an activating group) is 1. The quantitative estimate of drug-likeness (QED) is 0.215. The standard InChI is InChI=1S/C41H59N3O9/c1-26-14-19-33(41-37(52-29(4)46)36(51-28(3)45)27(2)40(53-41,25-50-41)39(7,8)49)23-32(26)22-31-17-15-30(16-18-31)12-11-13-34(47)43-38(5,6)24-35(48)42-20-21-44(9)10/h14-19,23,27,36-37,49H,11-13,20-22,24-25H2,1-10H3,(H,42,48)(H,43,47)/t27-,36-,37+,40-,41-/m0/s1. The summed E-state index contributed by atoms with van der Waals surface area (Å²) in [6, 6.07) is 14.1. The zero-order valence-electron chi connectivity index (χ0n) is 33.1. The number of fused-ring (bicyclic) bond motifs is 2. The predicted molar refractivity (Wildman–Crippen MR) is 200 cm³/mol. The van der Waals surface area contributed by atoms with Gasteiger partial charge in [-0.3, -0.25) is 19.2 Å². The van der Waals surface area contributed by atoms with Crippen molar-refractivity contribution in [3.8, 4) is 0 Å². The van der Waals surface area contributed by atoms with Crippen LogP contribution in [0.1, 0.15) is 95.5 Å². The van der Waals surface area contributed by atoms with Gasteiger partial charge in [-0.05, 0) is 96.3 Å². The summed E-state index contributed by atoms with van der Waals surface area (Å²) in [5.41, 5.74) is 1.49. The first-order valence-electron chi connectivity index (χ1n) is 18.5. The zero-order chi connectivity index (χ0) is 39.4. The molecule has 2 aliphatic heterocycles. The molecule has 0 aliphatic carbocycles. The van der Waals surface area contributed by atoms with E-state index < -0.39 is 52.6 Å². The van der Waals surface area contributed by atoms with Gasteiger partial charge in [0.05, 0.1) is 12.2 Å². The van der Waals surface area contributed by atoms with Gasteiger partial charge in [0.1, 0.15) is 11.7 Å². The van der Waals surface area contributed by atoms with Crippen LogP contribution in [0.5, 0.6) is 0 Å². The molecule has 53 heavy (non-hydrogen) atoms. The van der Waals surface area contributed by atoms with Crippen molar-refractivity contribution in [3.05, 3.63) is 70.3 Å². The average Bonchev–Trinajstić information content (AvgIpc) is 3.43. The third-order valence-corrected chi connectivity index (χ3v) is 10.4. The Kier molecular flexibility index (Phi) is 13.2. The maximum atomic E-state index is 12.7. The molecule has 0 spiro atoms. The fourth-order valence-corrected chi connectivity index (χ4v) is 7.44. The number of hydrogen-bond donors (Lipinski definition) is 3. The normalized spacial score (nSPS) is 24.1. The van der Waals surface area contributed by atoms with Crippen molar-refractivity contribution in [1.29, 1.82) is 0 Å². The number of benzene rings is 2. The van der Waals surface area contributed by atoms with Gasteiger partial charge < -0.3 is 39.6 Å². The van der Waals surface area contributed by atoms with E-state index in [1.165, 1.54) is 13.8 Å². The van der Waals surface area contributed by atoms with E-state index in [0.717, 1.165) is 35.2 Å². The van der Waals surface area contributed by atoms with Crippen LogP contribution in [-0.4, -0.2) is 96.5 Å². The second-order valence-electron chi connectivity index (χ2n) is 16.1. The Hall–Kier alpha value is -3.84. The number of nitrogens with one attached hydrogen (secondary N) is 2. The summed E-state index contributed by atoms with van der Waals surface area (Å²) in [5, 5.41) is 17.3. The lowest BCUT2D eigenvalue weighted by Gasteiger charge is -2.53. The number of amides is 2. The predicted octanol–water partition coefficient (Wildman–Crippen LogP) is 4.09. The lowest BCUT2D eigenvalue weighted by atomic mass is 9.70. The Morgan fingerprint density at radius 1 is 0.962 bits per heavy atom. The first-order chi connectivity index (χ1) is 24.7. The fraction of sp³-hybridized carbons (Fsp3) is 0.610. The van der Waals surface area contributed by atoms with Crippen LogP contribution < -0.4 is 10.6 Å². The molecule has 2 bridgehead atoms. The van der Waals surface area contributed by atoms with E-state index in [-0.39, 0.29) is 24.8 Å². The molecule has 0 saturated carbocycles. The highest BCUT2D eigenvalue weighted by atomic mass is 16.8. The monoisotopic (exact) mass is 737 g/mol. The van der Waals surface area contributed by atoms with Gasteiger partial charge in [-0.15, -0.1) is 0 Å². The minimum absolute atomic E-state index is 0.00819. The Bertz CT molecular complexity index is 1630. The van der Waals surface area contributed by atoms with Crippen LogP contribution in [-0.2, 0) is 56.8 Å². The number of carbonyl (C=O) groups excluding carboxylic acids is 4. The molecule has 2 fully saturated rings. The number of esters is 2. The molecule has 2 aromatic carbocycles. The molecule has 12 heteroatoms. The smallest absolute Gasteiger partial charge is 0.303 e. The Balaban J connectivity index is 1.44. The van der Waals surface area contributed by atoms with E-state index in [1.54, 1.807) is 20.8 Å². The second-order valence-corrected chi connectivity index (χ2v) is 16.1. The van der Waals surface area contributed by atoms with Crippen LogP contribution in [0.2, 0.25) is 0 Å². The lowest BCUT2D eigenvalue weighted by Crippen LogP contribution is -2.68. The van der Waals surface area contributed by atoms with Crippen molar-refractivity contribution >= 4 is 23.8 Å². The van der Waals surface area contributed by atoms with Gasteiger partial charge in [-0.1, -0.05) is 43.3 Å². The summed E-state index contributed by atoms with van der Waals surface area (Å²) in [7, 11) is 3.90. The molecule has 4 rings (SSSR count). The van der Waals surface area contributed by atoms with Gasteiger partial charge in [0.15, 0.2) is 6.10 Å². The van der Waals surface area contributed by atoms with Gasteiger partial charge in [-0.25, -0.2) is 0 Å². The van der Waals surface area contributed by atoms with Crippen LogP contribution in [0.4, 0.5) is 0 Å². The van der Waals surface area contributed by atoms with Crippen molar-refractivity contribution in [1.82, 2.24) is 15.5 Å². The topological polar surface area (TPSA) is 153 Å². The molecule has 2 aliphatic rings. The number of carbonyl (C=O) groups is 4. The molecule has 5 atom stereocenters. The van der Waals surface area contributed by atoms with Crippen molar-refractivity contribution in [3.63, 3.8) is 0 Å². The molecular formula is C41H59N3O9. The van der Waals surface area contributed by atoms with Gasteiger partial charge in [0.25, 0.3) is 0 Å². The number of ether oxygens (including phenoxy) is 4. The Morgan fingerprint density at radius 2 is 1.60 bits per heavy atom. The Morgan fingerprint density at radius 3 is 2.21 bits per heavy atom. The van der Waals surface area contributed by atoms with Crippen LogP contribution in [0.3, 0.4) is 0 Å². The highest BCUT2D eigenvalue weighted by Gasteiger charge is 2.72. The molecule has 0 radical (unpaired) electrons. The molecule has 0 unspecified atom stereocenters. The van der Waals surface area contributed by atoms with Crippen molar-refractivity contribution in [2.45, 2.75) is 122 Å².